The van der Waals surface area contributed by atoms with E-state index in [1.807, 2.05) is 36.3 Å². The topological polar surface area (TPSA) is 29.9 Å². The maximum Gasteiger partial charge on any atom is 0.0522 e. The van der Waals surface area contributed by atoms with E-state index in [0.717, 1.165) is 6.42 Å². The molecule has 0 bridgehead atoms. The molecule has 0 aliphatic carbocycles. The summed E-state index contributed by atoms with van der Waals surface area (Å²) < 4.78 is 3.21. The zero-order valence-corrected chi connectivity index (χ0v) is 11.9. The largest absolute Gasteiger partial charge is 0.312 e. The predicted octanol–water partition coefficient (Wildman–Crippen LogP) is 3.14. The van der Waals surface area contributed by atoms with Gasteiger partial charge in [0.05, 0.1) is 6.20 Å². The molecule has 98 valence electrons. The Kier molecular flexibility index (Phi) is 3.36. The Hall–Kier alpha value is -1.65. The first-order chi connectivity index (χ1) is 9.26. The molecular formula is C15H17N3S. The van der Waals surface area contributed by atoms with Gasteiger partial charge < -0.3 is 5.32 Å². The van der Waals surface area contributed by atoms with Gasteiger partial charge in [0.25, 0.3) is 0 Å². The van der Waals surface area contributed by atoms with E-state index in [1.54, 1.807) is 0 Å². The van der Waals surface area contributed by atoms with Crippen LogP contribution < -0.4 is 5.32 Å². The highest BCUT2D eigenvalue weighted by Gasteiger charge is 2.14. The average molecular weight is 271 g/mol. The maximum atomic E-state index is 4.23. The lowest BCUT2D eigenvalue weighted by atomic mass is 10.1. The molecule has 0 spiro atoms. The number of hydrogen-bond donors (Lipinski definition) is 1. The molecule has 1 unspecified atom stereocenters. The second-order valence-electron chi connectivity index (χ2n) is 4.75. The summed E-state index contributed by atoms with van der Waals surface area (Å²) in [7, 11) is 3.97. The molecule has 2 heterocycles. The number of thiophene rings is 1. The van der Waals surface area contributed by atoms with E-state index in [4.69, 9.17) is 0 Å². The van der Waals surface area contributed by atoms with Crippen LogP contribution in [0.5, 0.6) is 0 Å². The number of hydrogen-bond acceptors (Lipinski definition) is 3. The maximum absolute atomic E-state index is 4.23. The molecule has 3 rings (SSSR count). The van der Waals surface area contributed by atoms with Gasteiger partial charge in [-0.1, -0.05) is 18.2 Å². The van der Waals surface area contributed by atoms with Gasteiger partial charge in [0.2, 0.25) is 0 Å². The Labute approximate surface area is 116 Å². The SMILES string of the molecule is CNC(Cc1cnn(C)c1)c1cc2ccccc2s1. The van der Waals surface area contributed by atoms with E-state index in [9.17, 15) is 0 Å². The van der Waals surface area contributed by atoms with E-state index in [-0.39, 0.29) is 0 Å². The minimum absolute atomic E-state index is 0.349. The second-order valence-corrected chi connectivity index (χ2v) is 5.87. The number of fused-ring (bicyclic) bond motifs is 1. The van der Waals surface area contributed by atoms with Crippen LogP contribution in [0.1, 0.15) is 16.5 Å². The fraction of sp³-hybridized carbons (Fsp3) is 0.267. The zero-order chi connectivity index (χ0) is 13.2. The van der Waals surface area contributed by atoms with Crippen LogP contribution in [0, 0.1) is 0 Å². The minimum atomic E-state index is 0.349. The first-order valence-electron chi connectivity index (χ1n) is 6.39. The molecule has 0 amide bonds. The summed E-state index contributed by atoms with van der Waals surface area (Å²) in [5, 5.41) is 8.97. The predicted molar refractivity (Wildman–Crippen MR) is 80.5 cm³/mol. The average Bonchev–Trinajstić information content (AvgIpc) is 3.01. The second kappa shape index (κ2) is 5.15. The Morgan fingerprint density at radius 2 is 2.21 bits per heavy atom. The lowest BCUT2D eigenvalue weighted by molar-refractivity contribution is 0.602. The molecule has 0 saturated carbocycles. The molecule has 0 aliphatic rings. The third-order valence-electron chi connectivity index (χ3n) is 3.33. The van der Waals surface area contributed by atoms with Gasteiger partial charge in [0, 0.05) is 28.9 Å². The minimum Gasteiger partial charge on any atom is -0.312 e. The fourth-order valence-electron chi connectivity index (χ4n) is 2.33. The van der Waals surface area contributed by atoms with Gasteiger partial charge in [0.1, 0.15) is 0 Å². The zero-order valence-electron chi connectivity index (χ0n) is 11.1. The number of aromatic nitrogens is 2. The van der Waals surface area contributed by atoms with Crippen molar-refractivity contribution >= 4 is 21.4 Å². The van der Waals surface area contributed by atoms with Gasteiger partial charge in [0.15, 0.2) is 0 Å². The molecule has 0 saturated heterocycles. The Bertz CT molecular complexity index is 650. The van der Waals surface area contributed by atoms with Gasteiger partial charge >= 0.3 is 0 Å². The van der Waals surface area contributed by atoms with Crippen molar-refractivity contribution in [3.63, 3.8) is 0 Å². The van der Waals surface area contributed by atoms with Gasteiger partial charge in [-0.05, 0) is 36.6 Å². The van der Waals surface area contributed by atoms with Crippen molar-refractivity contribution in [3.05, 3.63) is 53.2 Å². The van der Waals surface area contributed by atoms with Crippen LogP contribution in [0.3, 0.4) is 0 Å². The molecule has 1 N–H and O–H groups in total. The highest BCUT2D eigenvalue weighted by Crippen LogP contribution is 2.31. The van der Waals surface area contributed by atoms with E-state index in [1.165, 1.54) is 20.5 Å². The summed E-state index contributed by atoms with van der Waals surface area (Å²) in [6.45, 7) is 0. The lowest BCUT2D eigenvalue weighted by Gasteiger charge is -2.12. The summed E-state index contributed by atoms with van der Waals surface area (Å²) in [6, 6.07) is 11.2. The van der Waals surface area contributed by atoms with E-state index in [2.05, 4.69) is 46.9 Å². The highest BCUT2D eigenvalue weighted by molar-refractivity contribution is 7.19. The van der Waals surface area contributed by atoms with Crippen molar-refractivity contribution in [2.24, 2.45) is 7.05 Å². The summed E-state index contributed by atoms with van der Waals surface area (Å²) >= 11 is 1.87. The Morgan fingerprint density at radius 3 is 2.89 bits per heavy atom. The molecule has 3 nitrogen and oxygen atoms in total. The van der Waals surface area contributed by atoms with Gasteiger partial charge in [-0.2, -0.15) is 5.10 Å². The normalized spacial score (nSPS) is 12.9. The molecular weight excluding hydrogens is 254 g/mol. The summed E-state index contributed by atoms with van der Waals surface area (Å²) in [4.78, 5) is 1.38. The Balaban J connectivity index is 1.88. The molecule has 1 aromatic carbocycles. The number of rotatable bonds is 4. The van der Waals surface area contributed by atoms with Crippen molar-refractivity contribution in [3.8, 4) is 0 Å². The standard InChI is InChI=1S/C15H17N3S/c1-16-13(7-11-9-17-18(2)10-11)15-8-12-5-3-4-6-14(12)19-15/h3-6,8-10,13,16H,7H2,1-2H3. The fourth-order valence-corrected chi connectivity index (χ4v) is 3.51. The molecule has 2 aromatic heterocycles. The van der Waals surface area contributed by atoms with E-state index < -0.39 is 0 Å². The van der Waals surface area contributed by atoms with Crippen molar-refractivity contribution in [2.45, 2.75) is 12.5 Å². The molecule has 0 aliphatic heterocycles. The summed E-state index contributed by atoms with van der Waals surface area (Å²) in [5.74, 6) is 0. The number of likely N-dealkylation sites (N-methyl/N-ethyl adjacent to an activating group) is 1. The first-order valence-corrected chi connectivity index (χ1v) is 7.21. The monoisotopic (exact) mass is 271 g/mol. The molecule has 4 heteroatoms. The summed E-state index contributed by atoms with van der Waals surface area (Å²) in [5.41, 5.74) is 1.26. The van der Waals surface area contributed by atoms with Crippen LogP contribution in [0.4, 0.5) is 0 Å². The number of nitrogens with one attached hydrogen (secondary N) is 1. The third-order valence-corrected chi connectivity index (χ3v) is 4.56. The first kappa shape index (κ1) is 12.4. The highest BCUT2D eigenvalue weighted by atomic mass is 32.1. The van der Waals surface area contributed by atoms with Crippen molar-refractivity contribution in [2.75, 3.05) is 7.05 Å². The number of nitrogens with zero attached hydrogens (tertiary/aromatic N) is 2. The smallest absolute Gasteiger partial charge is 0.0522 e. The van der Waals surface area contributed by atoms with E-state index >= 15 is 0 Å². The van der Waals surface area contributed by atoms with Crippen LogP contribution in [-0.4, -0.2) is 16.8 Å². The van der Waals surface area contributed by atoms with Crippen LogP contribution >= 0.6 is 11.3 Å². The van der Waals surface area contributed by atoms with Crippen molar-refractivity contribution < 1.29 is 0 Å². The van der Waals surface area contributed by atoms with Crippen LogP contribution in [0.25, 0.3) is 10.1 Å². The van der Waals surface area contributed by atoms with Crippen LogP contribution in [0.2, 0.25) is 0 Å². The van der Waals surface area contributed by atoms with Gasteiger partial charge in [-0.3, -0.25) is 4.68 Å². The third kappa shape index (κ3) is 2.55. The van der Waals surface area contributed by atoms with Crippen molar-refractivity contribution in [1.82, 2.24) is 15.1 Å². The molecule has 0 fully saturated rings. The van der Waals surface area contributed by atoms with Crippen molar-refractivity contribution in [1.29, 1.82) is 0 Å². The number of benzene rings is 1. The Morgan fingerprint density at radius 1 is 1.37 bits per heavy atom. The molecule has 19 heavy (non-hydrogen) atoms. The van der Waals surface area contributed by atoms with Crippen LogP contribution in [0.15, 0.2) is 42.7 Å². The summed E-state index contributed by atoms with van der Waals surface area (Å²) in [6.07, 6.45) is 4.99. The van der Waals surface area contributed by atoms with E-state index in [0.29, 0.717) is 6.04 Å². The number of aryl methyl sites for hydroxylation is 1. The molecule has 0 radical (unpaired) electrons. The molecule has 3 aromatic rings. The van der Waals surface area contributed by atoms with Gasteiger partial charge in [-0.25, -0.2) is 0 Å². The molecule has 1 atom stereocenters. The lowest BCUT2D eigenvalue weighted by Crippen LogP contribution is -2.17. The quantitative estimate of drug-likeness (QED) is 0.790. The van der Waals surface area contributed by atoms with Gasteiger partial charge in [-0.15, -0.1) is 11.3 Å². The van der Waals surface area contributed by atoms with Crippen LogP contribution in [-0.2, 0) is 13.5 Å².